The third-order valence-electron chi connectivity index (χ3n) is 4.10. The number of unbranched alkanes of at least 4 members (excludes halogenated alkanes) is 7. The van der Waals surface area contributed by atoms with Crippen molar-refractivity contribution in [2.75, 3.05) is 0 Å². The Kier molecular flexibility index (Phi) is 15.7. The highest BCUT2D eigenvalue weighted by Gasteiger charge is 2.09. The van der Waals surface area contributed by atoms with E-state index in [1.807, 2.05) is 0 Å². The first kappa shape index (κ1) is 24.7. The van der Waals surface area contributed by atoms with Crippen molar-refractivity contribution >= 4 is 6.29 Å². The van der Waals surface area contributed by atoms with E-state index >= 15 is 0 Å². The van der Waals surface area contributed by atoms with E-state index in [1.165, 1.54) is 31.8 Å². The van der Waals surface area contributed by atoms with Gasteiger partial charge in [-0.25, -0.2) is 0 Å². The van der Waals surface area contributed by atoms with Crippen LogP contribution in [-0.4, -0.2) is 16.1 Å². The first-order valence-electron chi connectivity index (χ1n) is 9.69. The highest BCUT2D eigenvalue weighted by molar-refractivity contribution is 5.50. The topological polar surface area (TPSA) is 103 Å². The van der Waals surface area contributed by atoms with E-state index < -0.39 is 4.92 Å². The maximum absolute atomic E-state index is 11.1. The molecule has 0 saturated heterocycles. The molecule has 0 amide bonds. The summed E-state index contributed by atoms with van der Waals surface area (Å²) in [7, 11) is 0. The smallest absolute Gasteiger partial charge is 0.246 e. The van der Waals surface area contributed by atoms with Crippen molar-refractivity contribution in [3.05, 3.63) is 55.9 Å². The minimum Gasteiger partial charge on any atom is -0.291 e. The van der Waals surface area contributed by atoms with Crippen LogP contribution in [0.4, 0.5) is 0 Å². The molecule has 151 valence electrons. The van der Waals surface area contributed by atoms with Crippen molar-refractivity contribution in [1.82, 2.24) is 0 Å². The van der Waals surface area contributed by atoms with Gasteiger partial charge in [-0.05, 0) is 37.8 Å². The summed E-state index contributed by atoms with van der Waals surface area (Å²) in [6, 6.07) is 0. The van der Waals surface area contributed by atoms with Gasteiger partial charge in [-0.3, -0.25) is 25.0 Å². The monoisotopic (exact) mass is 379 g/mol. The number of hydrogen-bond acceptors (Lipinski definition) is 5. The molecule has 0 rings (SSSR count). The van der Waals surface area contributed by atoms with Crippen LogP contribution in [0.5, 0.6) is 0 Å². The lowest BCUT2D eigenvalue weighted by Crippen LogP contribution is -1.99. The zero-order chi connectivity index (χ0) is 20.3. The Labute approximate surface area is 161 Å². The van der Waals surface area contributed by atoms with Crippen LogP contribution in [0.3, 0.4) is 0 Å². The molecule has 7 heteroatoms. The second kappa shape index (κ2) is 17.1. The van der Waals surface area contributed by atoms with Crippen molar-refractivity contribution in [2.45, 2.75) is 84.0 Å². The quantitative estimate of drug-likeness (QED) is 0.140. The fraction of sp³-hybridized carbons (Fsp3) is 0.650. The summed E-state index contributed by atoms with van der Waals surface area (Å²) in [6.07, 6.45) is 17.2. The van der Waals surface area contributed by atoms with Crippen molar-refractivity contribution in [1.29, 1.82) is 0 Å². The molecule has 0 atom stereocenters. The lowest BCUT2D eigenvalue weighted by Gasteiger charge is -1.99. The number of nitro groups is 2. The van der Waals surface area contributed by atoms with Crippen LogP contribution in [-0.2, 0) is 4.79 Å². The summed E-state index contributed by atoms with van der Waals surface area (Å²) in [5.74, 6) is 0. The third kappa shape index (κ3) is 14.5. The summed E-state index contributed by atoms with van der Waals surface area (Å²) >= 11 is 0. The molecule has 0 heterocycles. The van der Waals surface area contributed by atoms with Gasteiger partial charge in [0.2, 0.25) is 11.4 Å². The Morgan fingerprint density at radius 3 is 2.19 bits per heavy atom. The molecule has 0 spiro atoms. The standard InChI is InChI=1S/C20H31N2O5/c1-2-3-4-5-6-7-9-14-19(21(24)25)15-10-8-11-16-20(22(26)27)17-12-13-18-23/h8,10,14,16H,2-7,9,11-13,15,17H2,1H3/b10-8+,19-14-,20-16-. The molecule has 0 saturated carbocycles. The fourth-order valence-electron chi connectivity index (χ4n) is 2.54. The Balaban J connectivity index is 4.32. The Hall–Kier alpha value is -2.31. The molecule has 0 aromatic carbocycles. The molecule has 0 unspecified atom stereocenters. The number of hydrogen-bond donors (Lipinski definition) is 0. The summed E-state index contributed by atoms with van der Waals surface area (Å²) in [5.41, 5.74) is 0.225. The van der Waals surface area contributed by atoms with Crippen molar-refractivity contribution in [2.24, 2.45) is 0 Å². The maximum Gasteiger partial charge on any atom is 0.246 e. The third-order valence-corrected chi connectivity index (χ3v) is 4.10. The highest BCUT2D eigenvalue weighted by atomic mass is 16.6. The molecule has 0 aliphatic carbocycles. The fourth-order valence-corrected chi connectivity index (χ4v) is 2.54. The zero-order valence-electron chi connectivity index (χ0n) is 16.2. The number of nitrogens with zero attached hydrogens (tertiary/aromatic N) is 2. The van der Waals surface area contributed by atoms with Crippen molar-refractivity contribution in [3.8, 4) is 0 Å². The van der Waals surface area contributed by atoms with Gasteiger partial charge in [-0.15, -0.1) is 0 Å². The van der Waals surface area contributed by atoms with Crippen molar-refractivity contribution in [3.63, 3.8) is 0 Å². The summed E-state index contributed by atoms with van der Waals surface area (Å²) in [5, 5.41) is 22.0. The number of allylic oxidation sites excluding steroid dienone is 5. The molecule has 0 fully saturated rings. The van der Waals surface area contributed by atoms with E-state index in [2.05, 4.69) is 6.92 Å². The van der Waals surface area contributed by atoms with Gasteiger partial charge in [-0.2, -0.15) is 0 Å². The van der Waals surface area contributed by atoms with Crippen LogP contribution in [0.15, 0.2) is 35.7 Å². The molecular weight excluding hydrogens is 348 g/mol. The summed E-state index contributed by atoms with van der Waals surface area (Å²) in [4.78, 5) is 31.3. The van der Waals surface area contributed by atoms with Crippen LogP contribution in [0.25, 0.3) is 0 Å². The van der Waals surface area contributed by atoms with Gasteiger partial charge in [0.15, 0.2) is 6.29 Å². The average Bonchev–Trinajstić information content (AvgIpc) is 2.63. The van der Waals surface area contributed by atoms with Crippen LogP contribution in [0.1, 0.15) is 84.0 Å². The minimum atomic E-state index is -0.457. The molecule has 0 aromatic rings. The van der Waals surface area contributed by atoms with E-state index in [0.717, 1.165) is 12.8 Å². The molecule has 7 nitrogen and oxygen atoms in total. The normalized spacial score (nSPS) is 12.5. The van der Waals surface area contributed by atoms with Gasteiger partial charge in [0.1, 0.15) is 0 Å². The molecule has 27 heavy (non-hydrogen) atoms. The van der Waals surface area contributed by atoms with Crippen molar-refractivity contribution < 1.29 is 14.6 Å². The summed E-state index contributed by atoms with van der Waals surface area (Å²) < 4.78 is 0. The molecule has 0 N–H and O–H groups in total. The van der Waals surface area contributed by atoms with E-state index in [0.29, 0.717) is 19.3 Å². The first-order valence-corrected chi connectivity index (χ1v) is 9.69. The lowest BCUT2D eigenvalue weighted by molar-refractivity contribution is -0.428. The maximum atomic E-state index is 11.1. The van der Waals surface area contributed by atoms with E-state index in [1.54, 1.807) is 24.5 Å². The second-order valence-corrected chi connectivity index (χ2v) is 6.37. The second-order valence-electron chi connectivity index (χ2n) is 6.37. The largest absolute Gasteiger partial charge is 0.291 e. The molecular formula is C20H31N2O5. The molecule has 1 radical (unpaired) electrons. The molecule has 0 bridgehead atoms. The van der Waals surface area contributed by atoms with Crippen LogP contribution >= 0.6 is 0 Å². The van der Waals surface area contributed by atoms with Gasteiger partial charge < -0.3 is 0 Å². The summed E-state index contributed by atoms with van der Waals surface area (Å²) in [6.45, 7) is 2.17. The average molecular weight is 379 g/mol. The minimum absolute atomic E-state index is 0.0583. The van der Waals surface area contributed by atoms with Gasteiger partial charge in [0.05, 0.1) is 16.3 Å². The molecule has 0 aliphatic heterocycles. The van der Waals surface area contributed by atoms with Crippen LogP contribution in [0, 0.1) is 20.2 Å². The Morgan fingerprint density at radius 2 is 1.56 bits per heavy atom. The highest BCUT2D eigenvalue weighted by Crippen LogP contribution is 2.12. The zero-order valence-corrected chi connectivity index (χ0v) is 16.2. The van der Waals surface area contributed by atoms with E-state index in [-0.39, 0.29) is 35.6 Å². The van der Waals surface area contributed by atoms with Gasteiger partial charge >= 0.3 is 0 Å². The predicted molar refractivity (Wildman–Crippen MR) is 106 cm³/mol. The van der Waals surface area contributed by atoms with Crippen LogP contribution < -0.4 is 0 Å². The SMILES string of the molecule is CCCCCCCC/C=C(/C/C=C/C/C=C(/CCC[C]=O)[N+](=O)[O-])[N+](=O)[O-]. The first-order chi connectivity index (χ1) is 13.0. The Morgan fingerprint density at radius 1 is 0.889 bits per heavy atom. The van der Waals surface area contributed by atoms with Gasteiger partial charge in [-0.1, -0.05) is 51.2 Å². The van der Waals surface area contributed by atoms with E-state index in [4.69, 9.17) is 0 Å². The molecule has 0 aromatic heterocycles. The number of rotatable bonds is 17. The number of carbonyl (C=O) groups excluding carboxylic acids is 1. The van der Waals surface area contributed by atoms with Gasteiger partial charge in [0, 0.05) is 12.8 Å². The Bertz CT molecular complexity index is 538. The predicted octanol–water partition coefficient (Wildman–Crippen LogP) is 5.67. The molecule has 0 aliphatic rings. The van der Waals surface area contributed by atoms with Gasteiger partial charge in [0.25, 0.3) is 0 Å². The van der Waals surface area contributed by atoms with E-state index in [9.17, 15) is 25.0 Å². The van der Waals surface area contributed by atoms with Crippen LogP contribution in [0.2, 0.25) is 0 Å². The lowest BCUT2D eigenvalue weighted by atomic mass is 10.1.